The lowest BCUT2D eigenvalue weighted by Gasteiger charge is -2.22. The van der Waals surface area contributed by atoms with Crippen LogP contribution in [0.3, 0.4) is 0 Å². The number of methoxy groups -OCH3 is 2. The first-order chi connectivity index (χ1) is 9.58. The van der Waals surface area contributed by atoms with Crippen LogP contribution in [0.1, 0.15) is 23.7 Å². The van der Waals surface area contributed by atoms with Gasteiger partial charge in [-0.3, -0.25) is 4.79 Å². The molecule has 0 aliphatic carbocycles. The molecule has 112 valence electrons. The summed E-state index contributed by atoms with van der Waals surface area (Å²) in [5.41, 5.74) is 6.63. The molecule has 0 saturated carbocycles. The Morgan fingerprint density at radius 2 is 1.90 bits per heavy atom. The zero-order valence-corrected chi connectivity index (χ0v) is 12.2. The number of ether oxygens (including phenoxy) is 2. The summed E-state index contributed by atoms with van der Waals surface area (Å²) >= 11 is 0. The molecule has 0 aliphatic heterocycles. The second-order valence-electron chi connectivity index (χ2n) is 4.26. The molecule has 1 aromatic carbocycles. The van der Waals surface area contributed by atoms with Crippen molar-refractivity contribution in [3.8, 4) is 11.5 Å². The topological polar surface area (TPSA) is 85.0 Å². The second-order valence-corrected chi connectivity index (χ2v) is 4.26. The third kappa shape index (κ3) is 3.54. The molecule has 0 fully saturated rings. The summed E-state index contributed by atoms with van der Waals surface area (Å²) in [6.45, 7) is 2.96. The van der Waals surface area contributed by atoms with Crippen LogP contribution in [-0.4, -0.2) is 49.8 Å². The number of hydrogen-bond donors (Lipinski definition) is 2. The Hall–Kier alpha value is -1.95. The fraction of sp³-hybridized carbons (Fsp3) is 0.500. The number of carbonyl (C=O) groups excluding carboxylic acids is 1. The van der Waals surface area contributed by atoms with Gasteiger partial charge in [-0.25, -0.2) is 0 Å². The van der Waals surface area contributed by atoms with Crippen LogP contribution >= 0.6 is 0 Å². The number of nitrogens with two attached hydrogens (primary N) is 1. The summed E-state index contributed by atoms with van der Waals surface area (Å²) in [4.78, 5) is 14.1. The van der Waals surface area contributed by atoms with Crippen molar-refractivity contribution in [2.24, 2.45) is 0 Å². The van der Waals surface area contributed by atoms with Crippen molar-refractivity contribution in [2.75, 3.05) is 39.6 Å². The molecule has 0 aromatic heterocycles. The Morgan fingerprint density at radius 1 is 1.30 bits per heavy atom. The molecule has 0 saturated heterocycles. The van der Waals surface area contributed by atoms with E-state index in [1.807, 2.05) is 6.92 Å². The second kappa shape index (κ2) is 7.59. The first kappa shape index (κ1) is 16.1. The zero-order valence-electron chi connectivity index (χ0n) is 12.2. The van der Waals surface area contributed by atoms with E-state index in [4.69, 9.17) is 20.3 Å². The Balaban J connectivity index is 3.08. The van der Waals surface area contributed by atoms with Crippen LogP contribution in [0.4, 0.5) is 5.69 Å². The Morgan fingerprint density at radius 3 is 2.40 bits per heavy atom. The predicted octanol–water partition coefficient (Wildman–Crippen LogP) is 1.13. The van der Waals surface area contributed by atoms with E-state index in [1.165, 1.54) is 14.2 Å². The van der Waals surface area contributed by atoms with E-state index in [9.17, 15) is 4.79 Å². The first-order valence-corrected chi connectivity index (χ1v) is 6.50. The van der Waals surface area contributed by atoms with Gasteiger partial charge in [-0.1, -0.05) is 0 Å². The number of anilines is 1. The van der Waals surface area contributed by atoms with Gasteiger partial charge in [0.1, 0.15) is 0 Å². The highest BCUT2D eigenvalue weighted by Gasteiger charge is 2.19. The molecule has 6 nitrogen and oxygen atoms in total. The molecule has 0 radical (unpaired) electrons. The number of aliphatic hydroxyl groups is 1. The van der Waals surface area contributed by atoms with Gasteiger partial charge in [0.15, 0.2) is 11.5 Å². The maximum absolute atomic E-state index is 12.4. The van der Waals surface area contributed by atoms with Crippen LogP contribution in [0.2, 0.25) is 0 Å². The number of nitrogen functional groups attached to an aromatic ring is 1. The van der Waals surface area contributed by atoms with E-state index in [-0.39, 0.29) is 12.5 Å². The molecule has 6 heteroatoms. The van der Waals surface area contributed by atoms with Crippen LogP contribution in [0, 0.1) is 0 Å². The third-order valence-corrected chi connectivity index (χ3v) is 3.04. The third-order valence-electron chi connectivity index (χ3n) is 3.04. The van der Waals surface area contributed by atoms with E-state index in [1.54, 1.807) is 17.0 Å². The average molecular weight is 282 g/mol. The molecule has 3 N–H and O–H groups in total. The summed E-state index contributed by atoms with van der Waals surface area (Å²) in [6.07, 6.45) is 0.534. The molecule has 0 atom stereocenters. The van der Waals surface area contributed by atoms with E-state index in [0.29, 0.717) is 42.3 Å². The van der Waals surface area contributed by atoms with E-state index in [2.05, 4.69) is 0 Å². The van der Waals surface area contributed by atoms with Crippen LogP contribution in [0.15, 0.2) is 12.1 Å². The Bertz CT molecular complexity index is 463. The lowest BCUT2D eigenvalue weighted by Crippen LogP contribution is -2.32. The monoisotopic (exact) mass is 282 g/mol. The molecule has 0 spiro atoms. The molecule has 1 amide bonds. The maximum atomic E-state index is 12.4. The van der Waals surface area contributed by atoms with E-state index in [0.717, 1.165) is 0 Å². The van der Waals surface area contributed by atoms with E-state index < -0.39 is 0 Å². The fourth-order valence-electron chi connectivity index (χ4n) is 1.92. The minimum Gasteiger partial charge on any atom is -0.493 e. The van der Waals surface area contributed by atoms with Crippen molar-refractivity contribution in [2.45, 2.75) is 13.3 Å². The molecule has 0 bridgehead atoms. The quantitative estimate of drug-likeness (QED) is 0.732. The fourth-order valence-corrected chi connectivity index (χ4v) is 1.92. The van der Waals surface area contributed by atoms with Crippen LogP contribution < -0.4 is 15.2 Å². The van der Waals surface area contributed by atoms with Crippen LogP contribution in [0.5, 0.6) is 11.5 Å². The zero-order chi connectivity index (χ0) is 15.1. The molecular formula is C14H22N2O4. The Kier molecular flexibility index (Phi) is 6.11. The average Bonchev–Trinajstić information content (AvgIpc) is 2.47. The normalized spacial score (nSPS) is 10.2. The van der Waals surface area contributed by atoms with Gasteiger partial charge in [0.2, 0.25) is 0 Å². The number of hydrogen-bond acceptors (Lipinski definition) is 5. The van der Waals surface area contributed by atoms with E-state index >= 15 is 0 Å². The minimum absolute atomic E-state index is 0.0468. The highest BCUT2D eigenvalue weighted by atomic mass is 16.5. The van der Waals surface area contributed by atoms with Crippen molar-refractivity contribution in [3.05, 3.63) is 17.7 Å². The van der Waals surface area contributed by atoms with Gasteiger partial charge >= 0.3 is 0 Å². The maximum Gasteiger partial charge on any atom is 0.256 e. The van der Waals surface area contributed by atoms with Crippen molar-refractivity contribution < 1.29 is 19.4 Å². The highest BCUT2D eigenvalue weighted by molar-refractivity contribution is 6.00. The summed E-state index contributed by atoms with van der Waals surface area (Å²) in [6, 6.07) is 3.16. The Labute approximate surface area is 119 Å². The summed E-state index contributed by atoms with van der Waals surface area (Å²) in [7, 11) is 3.02. The van der Waals surface area contributed by atoms with Gasteiger partial charge in [-0.05, 0) is 19.4 Å². The largest absolute Gasteiger partial charge is 0.493 e. The van der Waals surface area contributed by atoms with Crippen molar-refractivity contribution in [1.29, 1.82) is 0 Å². The number of benzene rings is 1. The van der Waals surface area contributed by atoms with Gasteiger partial charge < -0.3 is 25.2 Å². The number of nitrogens with zero attached hydrogens (tertiary/aromatic N) is 1. The number of aliphatic hydroxyl groups excluding tert-OH is 1. The molecule has 1 aromatic rings. The summed E-state index contributed by atoms with van der Waals surface area (Å²) in [5.74, 6) is 0.766. The van der Waals surface area contributed by atoms with Crippen LogP contribution in [-0.2, 0) is 0 Å². The van der Waals surface area contributed by atoms with Gasteiger partial charge in [-0.15, -0.1) is 0 Å². The lowest BCUT2D eigenvalue weighted by atomic mass is 10.1. The number of carbonyl (C=O) groups is 1. The van der Waals surface area contributed by atoms with Gasteiger partial charge in [0.25, 0.3) is 5.91 Å². The smallest absolute Gasteiger partial charge is 0.256 e. The van der Waals surface area contributed by atoms with Gasteiger partial charge in [-0.2, -0.15) is 0 Å². The first-order valence-electron chi connectivity index (χ1n) is 6.50. The molecule has 1 rings (SSSR count). The number of rotatable bonds is 7. The SMILES string of the molecule is CCN(CCCO)C(=O)c1cc(OC)c(OC)cc1N. The van der Waals surface area contributed by atoms with Crippen LogP contribution in [0.25, 0.3) is 0 Å². The van der Waals surface area contributed by atoms with Crippen molar-refractivity contribution in [1.82, 2.24) is 4.90 Å². The lowest BCUT2D eigenvalue weighted by molar-refractivity contribution is 0.0755. The molecule has 20 heavy (non-hydrogen) atoms. The van der Waals surface area contributed by atoms with Crippen molar-refractivity contribution in [3.63, 3.8) is 0 Å². The van der Waals surface area contributed by atoms with Gasteiger partial charge in [0, 0.05) is 31.5 Å². The number of amides is 1. The predicted molar refractivity (Wildman–Crippen MR) is 77.2 cm³/mol. The van der Waals surface area contributed by atoms with Crippen molar-refractivity contribution >= 4 is 11.6 Å². The molecule has 0 heterocycles. The molecule has 0 aliphatic rings. The molecule has 0 unspecified atom stereocenters. The summed E-state index contributed by atoms with van der Waals surface area (Å²) < 4.78 is 10.3. The highest BCUT2D eigenvalue weighted by Crippen LogP contribution is 2.32. The van der Waals surface area contributed by atoms with Gasteiger partial charge in [0.05, 0.1) is 19.8 Å². The molecular weight excluding hydrogens is 260 g/mol. The standard InChI is InChI=1S/C14H22N2O4/c1-4-16(6-5-7-17)14(18)10-8-12(19-2)13(20-3)9-11(10)15/h8-9,17H,4-7,15H2,1-3H3. The minimum atomic E-state index is -0.181. The summed E-state index contributed by atoms with van der Waals surface area (Å²) in [5, 5.41) is 8.87.